The van der Waals surface area contributed by atoms with Gasteiger partial charge in [0.25, 0.3) is 0 Å². The van der Waals surface area contributed by atoms with Crippen LogP contribution in [0.5, 0.6) is 0 Å². The van der Waals surface area contributed by atoms with Gasteiger partial charge in [-0.25, -0.2) is 0 Å². The molecule has 0 unspecified atom stereocenters. The van der Waals surface area contributed by atoms with E-state index in [0.29, 0.717) is 18.0 Å². The average molecular weight is 181 g/mol. The highest BCUT2D eigenvalue weighted by Crippen LogP contribution is 2.06. The molecule has 0 amide bonds. The van der Waals surface area contributed by atoms with Gasteiger partial charge in [-0.15, -0.1) is 0 Å². The summed E-state index contributed by atoms with van der Waals surface area (Å²) in [6.07, 6.45) is 3.96. The van der Waals surface area contributed by atoms with Crippen LogP contribution >= 0.6 is 11.6 Å². The van der Waals surface area contributed by atoms with Crippen molar-refractivity contribution in [2.24, 2.45) is 5.73 Å². The molecule has 2 N–H and O–H groups in total. The maximum absolute atomic E-state index is 5.70. The standard InChI is InChI=1S/C9H9ClN2/c10-9-5-8(6-12-7-9)3-1-2-4-11/h5-7H,2,4,11H2. The Labute approximate surface area is 76.8 Å². The van der Waals surface area contributed by atoms with Crippen LogP contribution in [0.15, 0.2) is 18.5 Å². The van der Waals surface area contributed by atoms with Crippen molar-refractivity contribution in [1.82, 2.24) is 4.98 Å². The maximum atomic E-state index is 5.70. The fourth-order valence-corrected chi connectivity index (χ4v) is 0.891. The molecule has 12 heavy (non-hydrogen) atoms. The smallest absolute Gasteiger partial charge is 0.0601 e. The van der Waals surface area contributed by atoms with Gasteiger partial charge in [0, 0.05) is 30.9 Å². The first-order valence-electron chi connectivity index (χ1n) is 3.62. The van der Waals surface area contributed by atoms with E-state index in [9.17, 15) is 0 Å². The van der Waals surface area contributed by atoms with Gasteiger partial charge in [-0.2, -0.15) is 0 Å². The van der Waals surface area contributed by atoms with E-state index in [2.05, 4.69) is 16.8 Å². The third kappa shape index (κ3) is 2.91. The van der Waals surface area contributed by atoms with Crippen LogP contribution in [0.1, 0.15) is 12.0 Å². The van der Waals surface area contributed by atoms with Gasteiger partial charge in [0.1, 0.15) is 0 Å². The minimum Gasteiger partial charge on any atom is -0.330 e. The molecule has 0 bridgehead atoms. The second-order valence-electron chi connectivity index (χ2n) is 2.23. The molecule has 1 rings (SSSR count). The molecule has 3 heteroatoms. The van der Waals surface area contributed by atoms with Crippen molar-refractivity contribution in [3.8, 4) is 11.8 Å². The average Bonchev–Trinajstić information content (AvgIpc) is 2.05. The van der Waals surface area contributed by atoms with Crippen LogP contribution in [0.4, 0.5) is 0 Å². The van der Waals surface area contributed by atoms with Crippen LogP contribution in [0.25, 0.3) is 0 Å². The molecule has 0 saturated heterocycles. The molecule has 0 saturated carbocycles. The number of aromatic nitrogens is 1. The maximum Gasteiger partial charge on any atom is 0.0601 e. The van der Waals surface area contributed by atoms with E-state index in [1.54, 1.807) is 18.5 Å². The van der Waals surface area contributed by atoms with Crippen molar-refractivity contribution in [3.63, 3.8) is 0 Å². The number of hydrogen-bond donors (Lipinski definition) is 1. The summed E-state index contributed by atoms with van der Waals surface area (Å²) < 4.78 is 0. The number of nitrogens with two attached hydrogens (primary N) is 1. The molecule has 0 aliphatic heterocycles. The minimum absolute atomic E-state index is 0.584. The van der Waals surface area contributed by atoms with Crippen molar-refractivity contribution in [1.29, 1.82) is 0 Å². The predicted molar refractivity (Wildman–Crippen MR) is 49.8 cm³/mol. The van der Waals surface area contributed by atoms with Crippen molar-refractivity contribution in [2.45, 2.75) is 6.42 Å². The summed E-state index contributed by atoms with van der Waals surface area (Å²) in [5.74, 6) is 5.81. The second-order valence-corrected chi connectivity index (χ2v) is 2.67. The van der Waals surface area contributed by atoms with Crippen LogP contribution in [-0.2, 0) is 0 Å². The van der Waals surface area contributed by atoms with E-state index in [1.807, 2.05) is 0 Å². The molecule has 2 nitrogen and oxygen atoms in total. The Morgan fingerprint density at radius 3 is 3.00 bits per heavy atom. The highest BCUT2D eigenvalue weighted by atomic mass is 35.5. The monoisotopic (exact) mass is 180 g/mol. The molecule has 0 atom stereocenters. The largest absolute Gasteiger partial charge is 0.330 e. The lowest BCUT2D eigenvalue weighted by Gasteiger charge is -1.89. The third-order valence-corrected chi connectivity index (χ3v) is 1.41. The normalized spacial score (nSPS) is 8.83. The minimum atomic E-state index is 0.584. The Kier molecular flexibility index (Phi) is 3.59. The number of halogens is 1. The van der Waals surface area contributed by atoms with E-state index in [-0.39, 0.29) is 0 Å². The molecule has 1 heterocycles. The van der Waals surface area contributed by atoms with Crippen LogP contribution in [0.3, 0.4) is 0 Å². The molecular weight excluding hydrogens is 172 g/mol. The van der Waals surface area contributed by atoms with Crippen LogP contribution in [-0.4, -0.2) is 11.5 Å². The van der Waals surface area contributed by atoms with Gasteiger partial charge in [0.2, 0.25) is 0 Å². The molecule has 0 fully saturated rings. The molecule has 0 aliphatic carbocycles. The van der Waals surface area contributed by atoms with Crippen molar-refractivity contribution in [3.05, 3.63) is 29.0 Å². The van der Waals surface area contributed by atoms with Crippen molar-refractivity contribution >= 4 is 11.6 Å². The quantitative estimate of drug-likeness (QED) is 0.665. The van der Waals surface area contributed by atoms with Crippen LogP contribution < -0.4 is 5.73 Å². The Hall–Kier alpha value is -1.04. The third-order valence-electron chi connectivity index (χ3n) is 1.21. The highest BCUT2D eigenvalue weighted by molar-refractivity contribution is 6.30. The van der Waals surface area contributed by atoms with E-state index in [0.717, 1.165) is 5.56 Å². The summed E-state index contributed by atoms with van der Waals surface area (Å²) in [5, 5.41) is 0.606. The van der Waals surface area contributed by atoms with Gasteiger partial charge in [-0.3, -0.25) is 4.98 Å². The molecule has 0 aliphatic rings. The summed E-state index contributed by atoms with van der Waals surface area (Å²) in [7, 11) is 0. The van der Waals surface area contributed by atoms with Crippen LogP contribution in [0.2, 0.25) is 5.02 Å². The van der Waals surface area contributed by atoms with Gasteiger partial charge < -0.3 is 5.73 Å². The van der Waals surface area contributed by atoms with Crippen LogP contribution in [0, 0.1) is 11.8 Å². The lowest BCUT2D eigenvalue weighted by Crippen LogP contribution is -1.95. The lowest BCUT2D eigenvalue weighted by atomic mass is 10.3. The molecule has 0 aromatic carbocycles. The number of nitrogens with zero attached hydrogens (tertiary/aromatic N) is 1. The zero-order chi connectivity index (χ0) is 8.81. The number of rotatable bonds is 1. The first kappa shape index (κ1) is 9.05. The molecule has 1 aromatic rings. The Morgan fingerprint density at radius 1 is 1.50 bits per heavy atom. The van der Waals surface area contributed by atoms with Gasteiger partial charge in [-0.1, -0.05) is 23.4 Å². The first-order valence-corrected chi connectivity index (χ1v) is 4.00. The van der Waals surface area contributed by atoms with Gasteiger partial charge in [-0.05, 0) is 6.07 Å². The lowest BCUT2D eigenvalue weighted by molar-refractivity contribution is 1.03. The summed E-state index contributed by atoms with van der Waals surface area (Å²) in [4.78, 5) is 3.90. The van der Waals surface area contributed by atoms with Gasteiger partial charge in [0.15, 0.2) is 0 Å². The van der Waals surface area contributed by atoms with Gasteiger partial charge >= 0.3 is 0 Å². The number of pyridine rings is 1. The van der Waals surface area contributed by atoms with E-state index >= 15 is 0 Å². The zero-order valence-electron chi connectivity index (χ0n) is 6.55. The Bertz CT molecular complexity index is 312. The van der Waals surface area contributed by atoms with E-state index in [1.165, 1.54) is 0 Å². The fraction of sp³-hybridized carbons (Fsp3) is 0.222. The predicted octanol–water partition coefficient (Wildman–Crippen LogP) is 1.44. The highest BCUT2D eigenvalue weighted by Gasteiger charge is 1.88. The molecule has 0 spiro atoms. The fourth-order valence-electron chi connectivity index (χ4n) is 0.717. The molecule has 0 radical (unpaired) electrons. The first-order chi connectivity index (χ1) is 5.83. The molecule has 1 aromatic heterocycles. The molecular formula is C9H9ClN2. The SMILES string of the molecule is NCCC#Cc1cncc(Cl)c1. The Balaban J connectivity index is 2.71. The van der Waals surface area contributed by atoms with Gasteiger partial charge in [0.05, 0.1) is 5.02 Å². The summed E-state index contributed by atoms with van der Waals surface area (Å²) >= 11 is 5.70. The topological polar surface area (TPSA) is 38.9 Å². The summed E-state index contributed by atoms with van der Waals surface area (Å²) in [6, 6.07) is 1.78. The van der Waals surface area contributed by atoms with E-state index < -0.39 is 0 Å². The van der Waals surface area contributed by atoms with Crippen molar-refractivity contribution < 1.29 is 0 Å². The second kappa shape index (κ2) is 4.76. The Morgan fingerprint density at radius 2 is 2.33 bits per heavy atom. The van der Waals surface area contributed by atoms with E-state index in [4.69, 9.17) is 17.3 Å². The molecule has 62 valence electrons. The van der Waals surface area contributed by atoms with Crippen molar-refractivity contribution in [2.75, 3.05) is 6.54 Å². The zero-order valence-corrected chi connectivity index (χ0v) is 7.30. The number of hydrogen-bond acceptors (Lipinski definition) is 2. The summed E-state index contributed by atoms with van der Waals surface area (Å²) in [6.45, 7) is 0.584. The summed E-state index contributed by atoms with van der Waals surface area (Å²) in [5.41, 5.74) is 6.11.